The quantitative estimate of drug-likeness (QED) is 0.843. The molecule has 1 atom stereocenters. The predicted molar refractivity (Wildman–Crippen MR) is 61.0 cm³/mol. The predicted octanol–water partition coefficient (Wildman–Crippen LogP) is 3.13. The smallest absolute Gasteiger partial charge is 0.126 e. The normalized spacial score (nSPS) is 22.8. The summed E-state index contributed by atoms with van der Waals surface area (Å²) in [5.74, 6) is -0.684. The van der Waals surface area contributed by atoms with Crippen LogP contribution in [0.15, 0.2) is 34.9 Å². The second-order valence-corrected chi connectivity index (χ2v) is 4.63. The molecule has 1 heterocycles. The average Bonchev–Trinajstić information content (AvgIpc) is 2.77. The molecule has 1 aromatic carbocycles. The Labute approximate surface area is 103 Å². The lowest BCUT2D eigenvalue weighted by atomic mass is 9.78. The van der Waals surface area contributed by atoms with Crippen LogP contribution in [0.4, 0.5) is 8.78 Å². The summed E-state index contributed by atoms with van der Waals surface area (Å²) in [6.45, 7) is 0. The molecule has 0 amide bonds. The molecule has 1 aliphatic rings. The summed E-state index contributed by atoms with van der Waals surface area (Å²) >= 11 is 0. The maximum atomic E-state index is 13.3. The van der Waals surface area contributed by atoms with Gasteiger partial charge in [-0.3, -0.25) is 0 Å². The Morgan fingerprint density at radius 1 is 1.17 bits per heavy atom. The molecule has 0 radical (unpaired) electrons. The molecule has 1 aliphatic carbocycles. The molecule has 0 fully saturated rings. The Bertz CT molecular complexity index is 571. The van der Waals surface area contributed by atoms with Crippen molar-refractivity contribution >= 4 is 0 Å². The first-order valence-corrected chi connectivity index (χ1v) is 5.85. The fourth-order valence-electron chi connectivity index (χ4n) is 2.63. The molecule has 1 N–H and O–H groups in total. The average molecular weight is 250 g/mol. The lowest BCUT2D eigenvalue weighted by molar-refractivity contribution is 0.0583. The highest BCUT2D eigenvalue weighted by atomic mass is 19.1. The van der Waals surface area contributed by atoms with Crippen LogP contribution in [0.1, 0.15) is 29.7 Å². The van der Waals surface area contributed by atoms with Gasteiger partial charge in [0.25, 0.3) is 0 Å². The van der Waals surface area contributed by atoms with E-state index in [1.54, 1.807) is 6.07 Å². The standard InChI is InChI=1S/C14H12F2O2/c15-10-6-9(7-11(16)8-10)14(17)4-1-2-13-12(14)3-5-18-13/h3,5-8,17H,1-2,4H2. The van der Waals surface area contributed by atoms with Gasteiger partial charge in [0.15, 0.2) is 0 Å². The van der Waals surface area contributed by atoms with Crippen LogP contribution in [-0.4, -0.2) is 5.11 Å². The van der Waals surface area contributed by atoms with Crippen molar-refractivity contribution < 1.29 is 18.3 Å². The van der Waals surface area contributed by atoms with Gasteiger partial charge in [-0.25, -0.2) is 8.78 Å². The molecule has 4 heteroatoms. The van der Waals surface area contributed by atoms with Crippen molar-refractivity contribution in [2.45, 2.75) is 24.9 Å². The molecule has 2 aromatic rings. The molecule has 1 aromatic heterocycles. The van der Waals surface area contributed by atoms with E-state index >= 15 is 0 Å². The van der Waals surface area contributed by atoms with Gasteiger partial charge in [0, 0.05) is 18.1 Å². The highest BCUT2D eigenvalue weighted by molar-refractivity contribution is 5.39. The summed E-state index contributed by atoms with van der Waals surface area (Å²) < 4.78 is 31.8. The van der Waals surface area contributed by atoms with E-state index in [4.69, 9.17) is 4.42 Å². The third kappa shape index (κ3) is 1.64. The topological polar surface area (TPSA) is 33.4 Å². The van der Waals surface area contributed by atoms with Crippen molar-refractivity contribution in [2.75, 3.05) is 0 Å². The second-order valence-electron chi connectivity index (χ2n) is 4.63. The van der Waals surface area contributed by atoms with E-state index < -0.39 is 17.2 Å². The summed E-state index contributed by atoms with van der Waals surface area (Å²) in [7, 11) is 0. The number of aliphatic hydroxyl groups is 1. The van der Waals surface area contributed by atoms with E-state index in [1.165, 1.54) is 18.4 Å². The number of aryl methyl sites for hydroxylation is 1. The van der Waals surface area contributed by atoms with E-state index in [0.717, 1.165) is 18.9 Å². The summed E-state index contributed by atoms with van der Waals surface area (Å²) in [6, 6.07) is 4.81. The van der Waals surface area contributed by atoms with Crippen LogP contribution in [-0.2, 0) is 12.0 Å². The number of fused-ring (bicyclic) bond motifs is 1. The molecule has 0 saturated heterocycles. The molecular formula is C14H12F2O2. The minimum atomic E-state index is -1.36. The van der Waals surface area contributed by atoms with Gasteiger partial charge in [0.05, 0.1) is 6.26 Å². The molecule has 0 saturated carbocycles. The highest BCUT2D eigenvalue weighted by Crippen LogP contribution is 2.41. The minimum absolute atomic E-state index is 0.238. The van der Waals surface area contributed by atoms with Crippen molar-refractivity contribution in [1.29, 1.82) is 0 Å². The van der Waals surface area contributed by atoms with Gasteiger partial charge >= 0.3 is 0 Å². The largest absolute Gasteiger partial charge is 0.469 e. The SMILES string of the molecule is OC1(c2cc(F)cc(F)c2)CCCc2occc21. The van der Waals surface area contributed by atoms with Crippen LogP contribution in [0.5, 0.6) is 0 Å². The van der Waals surface area contributed by atoms with Crippen LogP contribution in [0.3, 0.4) is 0 Å². The number of hydrogen-bond acceptors (Lipinski definition) is 2. The maximum absolute atomic E-state index is 13.3. The Balaban J connectivity index is 2.17. The molecule has 0 bridgehead atoms. The van der Waals surface area contributed by atoms with Crippen LogP contribution in [0.2, 0.25) is 0 Å². The van der Waals surface area contributed by atoms with E-state index in [1.807, 2.05) is 0 Å². The number of rotatable bonds is 1. The summed E-state index contributed by atoms with van der Waals surface area (Å²) in [6.07, 6.45) is 3.39. The molecular weight excluding hydrogens is 238 g/mol. The summed E-state index contributed by atoms with van der Waals surface area (Å²) in [5, 5.41) is 10.7. The fourth-order valence-corrected chi connectivity index (χ4v) is 2.63. The zero-order valence-electron chi connectivity index (χ0n) is 9.62. The zero-order valence-corrected chi connectivity index (χ0v) is 9.62. The van der Waals surface area contributed by atoms with Gasteiger partial charge in [-0.05, 0) is 36.6 Å². The maximum Gasteiger partial charge on any atom is 0.126 e. The van der Waals surface area contributed by atoms with Gasteiger partial charge < -0.3 is 9.52 Å². The number of hydrogen-bond donors (Lipinski definition) is 1. The van der Waals surface area contributed by atoms with Crippen molar-refractivity contribution in [3.05, 3.63) is 59.1 Å². The second kappa shape index (κ2) is 3.92. The van der Waals surface area contributed by atoms with Crippen LogP contribution in [0.25, 0.3) is 0 Å². The van der Waals surface area contributed by atoms with Crippen molar-refractivity contribution in [3.63, 3.8) is 0 Å². The van der Waals surface area contributed by atoms with Crippen molar-refractivity contribution in [2.24, 2.45) is 0 Å². The molecule has 3 rings (SSSR count). The number of benzene rings is 1. The fraction of sp³-hybridized carbons (Fsp3) is 0.286. The van der Waals surface area contributed by atoms with E-state index in [2.05, 4.69) is 0 Å². The van der Waals surface area contributed by atoms with Gasteiger partial charge in [-0.2, -0.15) is 0 Å². The van der Waals surface area contributed by atoms with Gasteiger partial charge in [-0.15, -0.1) is 0 Å². The van der Waals surface area contributed by atoms with Crippen LogP contribution < -0.4 is 0 Å². The van der Waals surface area contributed by atoms with Crippen LogP contribution >= 0.6 is 0 Å². The molecule has 0 spiro atoms. The van der Waals surface area contributed by atoms with Crippen molar-refractivity contribution in [1.82, 2.24) is 0 Å². The van der Waals surface area contributed by atoms with E-state index in [-0.39, 0.29) is 5.56 Å². The molecule has 18 heavy (non-hydrogen) atoms. The molecule has 2 nitrogen and oxygen atoms in total. The molecule has 0 aliphatic heterocycles. The Hall–Kier alpha value is -1.68. The highest BCUT2D eigenvalue weighted by Gasteiger charge is 2.38. The number of furan rings is 1. The third-order valence-corrected chi connectivity index (χ3v) is 3.47. The Kier molecular flexibility index (Phi) is 2.48. The first kappa shape index (κ1) is 11.4. The monoisotopic (exact) mass is 250 g/mol. The molecule has 1 unspecified atom stereocenters. The minimum Gasteiger partial charge on any atom is -0.469 e. The lowest BCUT2D eigenvalue weighted by Gasteiger charge is -2.32. The number of halogens is 2. The molecule has 94 valence electrons. The first-order valence-electron chi connectivity index (χ1n) is 5.85. The zero-order chi connectivity index (χ0) is 12.8. The van der Waals surface area contributed by atoms with Gasteiger partial charge in [-0.1, -0.05) is 0 Å². The van der Waals surface area contributed by atoms with Crippen LogP contribution in [0, 0.1) is 11.6 Å². The van der Waals surface area contributed by atoms with E-state index in [0.29, 0.717) is 17.7 Å². The van der Waals surface area contributed by atoms with Gasteiger partial charge in [0.2, 0.25) is 0 Å². The summed E-state index contributed by atoms with van der Waals surface area (Å²) in [5.41, 5.74) is -0.509. The third-order valence-electron chi connectivity index (χ3n) is 3.47. The van der Waals surface area contributed by atoms with Crippen molar-refractivity contribution in [3.8, 4) is 0 Å². The first-order chi connectivity index (χ1) is 8.59. The van der Waals surface area contributed by atoms with E-state index in [9.17, 15) is 13.9 Å². The lowest BCUT2D eigenvalue weighted by Crippen LogP contribution is -2.31. The summed E-state index contributed by atoms with van der Waals surface area (Å²) in [4.78, 5) is 0. The van der Waals surface area contributed by atoms with Gasteiger partial charge in [0.1, 0.15) is 23.0 Å². The Morgan fingerprint density at radius 3 is 2.61 bits per heavy atom. The Morgan fingerprint density at radius 2 is 1.89 bits per heavy atom.